The quantitative estimate of drug-likeness (QED) is 0.236. The molecule has 0 saturated heterocycles. The van der Waals surface area contributed by atoms with Crippen molar-refractivity contribution in [1.82, 2.24) is 19.7 Å². The normalized spacial score (nSPS) is 10.8. The fraction of sp³-hybridized carbons (Fsp3) is 0.136. The molecule has 30 heavy (non-hydrogen) atoms. The Kier molecular flexibility index (Phi) is 5.85. The van der Waals surface area contributed by atoms with E-state index in [0.717, 1.165) is 34.2 Å². The molecule has 0 amide bonds. The Hall–Kier alpha value is -3.52. The van der Waals surface area contributed by atoms with Gasteiger partial charge in [0.15, 0.2) is 11.0 Å². The van der Waals surface area contributed by atoms with Crippen molar-refractivity contribution < 1.29 is 4.92 Å². The number of thioether (sulfide) groups is 1. The molecular formula is C22H19N5O2S. The van der Waals surface area contributed by atoms with Crippen LogP contribution in [-0.4, -0.2) is 24.7 Å². The molecule has 2 aromatic carbocycles. The Bertz CT molecular complexity index is 1160. The van der Waals surface area contributed by atoms with Crippen molar-refractivity contribution in [3.05, 3.63) is 94.3 Å². The molecule has 0 radical (unpaired) electrons. The summed E-state index contributed by atoms with van der Waals surface area (Å²) in [5.41, 5.74) is 4.07. The van der Waals surface area contributed by atoms with Crippen LogP contribution >= 0.6 is 11.8 Å². The molecule has 150 valence electrons. The van der Waals surface area contributed by atoms with Crippen LogP contribution in [-0.2, 0) is 12.2 Å². The fourth-order valence-corrected chi connectivity index (χ4v) is 3.97. The minimum atomic E-state index is -0.381. The molecule has 7 nitrogen and oxygen atoms in total. The van der Waals surface area contributed by atoms with E-state index in [1.165, 1.54) is 23.4 Å². The van der Waals surface area contributed by atoms with Gasteiger partial charge in [0.1, 0.15) is 0 Å². The maximum Gasteiger partial charge on any atom is 0.269 e. The van der Waals surface area contributed by atoms with E-state index in [0.29, 0.717) is 5.75 Å². The SMILES string of the molecule is CCc1ccc(-n2c(SCc3cccc([N+](=O)[O-])c3)nnc2-c2ccncc2)cc1. The van der Waals surface area contributed by atoms with Crippen LogP contribution in [0.4, 0.5) is 5.69 Å². The van der Waals surface area contributed by atoms with Gasteiger partial charge in [0.05, 0.1) is 4.92 Å². The summed E-state index contributed by atoms with van der Waals surface area (Å²) in [6.07, 6.45) is 4.42. The highest BCUT2D eigenvalue weighted by molar-refractivity contribution is 7.98. The lowest BCUT2D eigenvalue weighted by molar-refractivity contribution is -0.384. The molecule has 0 saturated carbocycles. The van der Waals surface area contributed by atoms with Gasteiger partial charge in [-0.1, -0.05) is 43.0 Å². The summed E-state index contributed by atoms with van der Waals surface area (Å²) in [5, 5.41) is 20.6. The van der Waals surface area contributed by atoms with E-state index in [1.54, 1.807) is 24.5 Å². The molecule has 4 aromatic rings. The average Bonchev–Trinajstić information content (AvgIpc) is 3.22. The number of pyridine rings is 1. The van der Waals surface area contributed by atoms with Crippen molar-refractivity contribution in [1.29, 1.82) is 0 Å². The van der Waals surface area contributed by atoms with Crippen LogP contribution in [0.3, 0.4) is 0 Å². The Morgan fingerprint density at radius 3 is 2.47 bits per heavy atom. The second kappa shape index (κ2) is 8.87. The minimum absolute atomic E-state index is 0.0854. The lowest BCUT2D eigenvalue weighted by atomic mass is 10.1. The van der Waals surface area contributed by atoms with Crippen LogP contribution in [0.5, 0.6) is 0 Å². The Balaban J connectivity index is 1.70. The molecule has 0 N–H and O–H groups in total. The zero-order valence-corrected chi connectivity index (χ0v) is 17.1. The molecule has 0 atom stereocenters. The Morgan fingerprint density at radius 1 is 1.00 bits per heavy atom. The number of aromatic nitrogens is 4. The molecule has 0 fully saturated rings. The number of benzene rings is 2. The lowest BCUT2D eigenvalue weighted by Gasteiger charge is -2.11. The van der Waals surface area contributed by atoms with Crippen molar-refractivity contribution in [3.8, 4) is 17.1 Å². The van der Waals surface area contributed by atoms with Crippen LogP contribution in [0, 0.1) is 10.1 Å². The number of hydrogen-bond donors (Lipinski definition) is 0. The second-order valence-electron chi connectivity index (χ2n) is 6.61. The van der Waals surface area contributed by atoms with Crippen molar-refractivity contribution in [3.63, 3.8) is 0 Å². The third-order valence-electron chi connectivity index (χ3n) is 4.66. The summed E-state index contributed by atoms with van der Waals surface area (Å²) in [4.78, 5) is 14.7. The average molecular weight is 417 g/mol. The molecular weight excluding hydrogens is 398 g/mol. The monoisotopic (exact) mass is 417 g/mol. The molecule has 0 bridgehead atoms. The van der Waals surface area contributed by atoms with E-state index in [9.17, 15) is 10.1 Å². The Morgan fingerprint density at radius 2 is 1.77 bits per heavy atom. The van der Waals surface area contributed by atoms with E-state index in [-0.39, 0.29) is 10.6 Å². The summed E-state index contributed by atoms with van der Waals surface area (Å²) >= 11 is 1.49. The van der Waals surface area contributed by atoms with Gasteiger partial charge < -0.3 is 0 Å². The number of non-ortho nitro benzene ring substituents is 1. The van der Waals surface area contributed by atoms with Gasteiger partial charge in [-0.2, -0.15) is 0 Å². The summed E-state index contributed by atoms with van der Waals surface area (Å²) in [6.45, 7) is 2.12. The number of hydrogen-bond acceptors (Lipinski definition) is 6. The van der Waals surface area contributed by atoms with E-state index in [2.05, 4.69) is 46.4 Å². The van der Waals surface area contributed by atoms with Crippen molar-refractivity contribution in [2.45, 2.75) is 24.3 Å². The molecule has 2 aromatic heterocycles. The van der Waals surface area contributed by atoms with Gasteiger partial charge in [0.25, 0.3) is 5.69 Å². The van der Waals surface area contributed by atoms with Crippen LogP contribution in [0.1, 0.15) is 18.1 Å². The third kappa shape index (κ3) is 4.23. The standard InChI is InChI=1S/C22H19N5O2S/c1-2-16-6-8-19(9-7-16)26-21(18-10-12-23-13-11-18)24-25-22(26)30-15-17-4-3-5-20(14-17)27(28)29/h3-14H,2,15H2,1H3. The second-order valence-corrected chi connectivity index (χ2v) is 7.56. The zero-order chi connectivity index (χ0) is 20.9. The van der Waals surface area contributed by atoms with Gasteiger partial charge in [-0.3, -0.25) is 19.7 Å². The van der Waals surface area contributed by atoms with E-state index in [1.807, 2.05) is 22.8 Å². The summed E-state index contributed by atoms with van der Waals surface area (Å²) < 4.78 is 2.01. The van der Waals surface area contributed by atoms with Gasteiger partial charge >= 0.3 is 0 Å². The van der Waals surface area contributed by atoms with E-state index in [4.69, 9.17) is 0 Å². The maximum atomic E-state index is 11.0. The smallest absolute Gasteiger partial charge is 0.269 e. The molecule has 0 aliphatic heterocycles. The highest BCUT2D eigenvalue weighted by atomic mass is 32.2. The van der Waals surface area contributed by atoms with Crippen molar-refractivity contribution in [2.24, 2.45) is 0 Å². The van der Waals surface area contributed by atoms with E-state index < -0.39 is 0 Å². The first-order chi connectivity index (χ1) is 14.7. The predicted octanol–water partition coefficient (Wildman–Crippen LogP) is 5.09. The number of nitro benzene ring substituents is 1. The summed E-state index contributed by atoms with van der Waals surface area (Å²) in [5.74, 6) is 1.27. The summed E-state index contributed by atoms with van der Waals surface area (Å²) in [7, 11) is 0. The van der Waals surface area contributed by atoms with Gasteiger partial charge in [-0.05, 0) is 41.8 Å². The molecule has 8 heteroatoms. The molecule has 0 aliphatic rings. The first-order valence-corrected chi connectivity index (χ1v) is 10.5. The van der Waals surface area contributed by atoms with Gasteiger partial charge in [0, 0.05) is 41.5 Å². The first-order valence-electron chi connectivity index (χ1n) is 9.47. The van der Waals surface area contributed by atoms with Crippen LogP contribution in [0.2, 0.25) is 0 Å². The number of rotatable bonds is 7. The van der Waals surface area contributed by atoms with Crippen LogP contribution in [0.25, 0.3) is 17.1 Å². The first kappa shape index (κ1) is 19.8. The molecule has 0 unspecified atom stereocenters. The lowest BCUT2D eigenvalue weighted by Crippen LogP contribution is -2.00. The third-order valence-corrected chi connectivity index (χ3v) is 5.66. The van der Waals surface area contributed by atoms with Crippen molar-refractivity contribution >= 4 is 17.4 Å². The molecule has 2 heterocycles. The van der Waals surface area contributed by atoms with Crippen LogP contribution < -0.4 is 0 Å². The highest BCUT2D eigenvalue weighted by Gasteiger charge is 2.17. The largest absolute Gasteiger partial charge is 0.270 e. The van der Waals surface area contributed by atoms with Gasteiger partial charge in [-0.25, -0.2) is 0 Å². The predicted molar refractivity (Wildman–Crippen MR) is 117 cm³/mol. The fourth-order valence-electron chi connectivity index (χ4n) is 3.07. The number of aryl methyl sites for hydroxylation is 1. The topological polar surface area (TPSA) is 86.7 Å². The maximum absolute atomic E-state index is 11.0. The van der Waals surface area contributed by atoms with Crippen LogP contribution in [0.15, 0.2) is 78.2 Å². The molecule has 0 spiro atoms. The highest BCUT2D eigenvalue weighted by Crippen LogP contribution is 2.30. The number of nitrogens with zero attached hydrogens (tertiary/aromatic N) is 5. The molecule has 4 rings (SSSR count). The van der Waals surface area contributed by atoms with Gasteiger partial charge in [-0.15, -0.1) is 10.2 Å². The summed E-state index contributed by atoms with van der Waals surface area (Å²) in [6, 6.07) is 18.8. The Labute approximate surface area is 178 Å². The zero-order valence-electron chi connectivity index (χ0n) is 16.3. The van der Waals surface area contributed by atoms with Crippen molar-refractivity contribution in [2.75, 3.05) is 0 Å². The minimum Gasteiger partial charge on any atom is -0.270 e. The van der Waals surface area contributed by atoms with E-state index >= 15 is 0 Å². The van der Waals surface area contributed by atoms with Gasteiger partial charge in [0.2, 0.25) is 0 Å². The molecule has 0 aliphatic carbocycles. The number of nitro groups is 1.